The molecule has 2 aromatic rings. The molecule has 0 bridgehead atoms. The average Bonchev–Trinajstić information content (AvgIpc) is 2.64. The minimum absolute atomic E-state index is 0.0106. The Balaban J connectivity index is 1.64. The number of rotatable bonds is 4. The molecule has 0 saturated carbocycles. The number of anilines is 1. The number of hydrogen-bond donors (Lipinski definition) is 2. The Labute approximate surface area is 147 Å². The van der Waals surface area contributed by atoms with Crippen LogP contribution in [0.1, 0.15) is 19.8 Å². The molecule has 2 heterocycles. The Hall–Kier alpha value is -2.89. The summed E-state index contributed by atoms with van der Waals surface area (Å²) in [6.45, 7) is 3.38. The minimum atomic E-state index is -0.455. The lowest BCUT2D eigenvalue weighted by molar-refractivity contribution is -0.135. The fraction of sp³-hybridized carbons (Fsp3) is 0.316. The van der Waals surface area contributed by atoms with Gasteiger partial charge in [0.2, 0.25) is 5.91 Å². The average molecular weight is 338 g/mol. The van der Waals surface area contributed by atoms with E-state index in [1.54, 1.807) is 17.2 Å². The normalized spacial score (nSPS) is 17.2. The second-order valence-corrected chi connectivity index (χ2v) is 6.01. The van der Waals surface area contributed by atoms with E-state index < -0.39 is 6.04 Å². The van der Waals surface area contributed by atoms with Gasteiger partial charge in [-0.3, -0.25) is 9.78 Å². The van der Waals surface area contributed by atoms with E-state index in [9.17, 15) is 9.59 Å². The summed E-state index contributed by atoms with van der Waals surface area (Å²) in [6, 6.07) is 12.5. The summed E-state index contributed by atoms with van der Waals surface area (Å²) in [4.78, 5) is 30.6. The lowest BCUT2D eigenvalue weighted by atomic mass is 10.1. The third kappa shape index (κ3) is 4.15. The van der Waals surface area contributed by atoms with E-state index in [2.05, 4.69) is 15.6 Å². The van der Waals surface area contributed by atoms with Crippen LogP contribution in [0.15, 0.2) is 48.7 Å². The molecule has 1 aliphatic heterocycles. The van der Waals surface area contributed by atoms with Crippen molar-refractivity contribution in [2.45, 2.75) is 25.8 Å². The van der Waals surface area contributed by atoms with Crippen molar-refractivity contribution >= 4 is 17.6 Å². The molecule has 1 aromatic heterocycles. The topological polar surface area (TPSA) is 74.3 Å². The molecule has 3 rings (SSSR count). The van der Waals surface area contributed by atoms with Crippen molar-refractivity contribution in [2.75, 3.05) is 18.4 Å². The number of urea groups is 1. The van der Waals surface area contributed by atoms with Gasteiger partial charge in [0, 0.05) is 30.5 Å². The number of nitrogens with zero attached hydrogens (tertiary/aromatic N) is 2. The number of hydrogen-bond acceptors (Lipinski definition) is 3. The zero-order valence-electron chi connectivity index (χ0n) is 14.2. The fourth-order valence-electron chi connectivity index (χ4n) is 2.99. The highest BCUT2D eigenvalue weighted by Gasteiger charge is 2.28. The highest BCUT2D eigenvalue weighted by molar-refractivity contribution is 5.94. The minimum Gasteiger partial charge on any atom is -0.341 e. The molecular formula is C19H22N4O2. The first-order valence-corrected chi connectivity index (χ1v) is 8.55. The molecule has 6 nitrogen and oxygen atoms in total. The van der Waals surface area contributed by atoms with Gasteiger partial charge in [-0.1, -0.05) is 30.3 Å². The molecule has 0 spiro atoms. The first kappa shape index (κ1) is 17.0. The molecule has 1 aliphatic rings. The fourth-order valence-corrected chi connectivity index (χ4v) is 2.99. The number of carbonyl (C=O) groups is 2. The van der Waals surface area contributed by atoms with Crippen LogP contribution in [0, 0.1) is 0 Å². The Morgan fingerprint density at radius 1 is 1.28 bits per heavy atom. The molecular weight excluding hydrogens is 316 g/mol. The van der Waals surface area contributed by atoms with Gasteiger partial charge in [-0.15, -0.1) is 0 Å². The van der Waals surface area contributed by atoms with Crippen LogP contribution >= 0.6 is 0 Å². The second-order valence-electron chi connectivity index (χ2n) is 6.01. The molecule has 1 saturated heterocycles. The van der Waals surface area contributed by atoms with Crippen molar-refractivity contribution in [1.29, 1.82) is 0 Å². The maximum atomic E-state index is 12.3. The molecule has 1 unspecified atom stereocenters. The Kier molecular flexibility index (Phi) is 5.28. The number of piperidine rings is 1. The molecule has 1 atom stereocenters. The first-order valence-electron chi connectivity index (χ1n) is 8.55. The van der Waals surface area contributed by atoms with Crippen molar-refractivity contribution in [3.8, 4) is 11.3 Å². The van der Waals surface area contributed by atoms with Gasteiger partial charge < -0.3 is 15.5 Å². The number of pyridine rings is 1. The monoisotopic (exact) mass is 338 g/mol. The van der Waals surface area contributed by atoms with Gasteiger partial charge >= 0.3 is 6.03 Å². The zero-order valence-corrected chi connectivity index (χ0v) is 14.2. The van der Waals surface area contributed by atoms with Crippen LogP contribution in [0.5, 0.6) is 0 Å². The summed E-state index contributed by atoms with van der Waals surface area (Å²) in [5, 5.41) is 5.57. The van der Waals surface area contributed by atoms with E-state index in [-0.39, 0.29) is 11.9 Å². The van der Waals surface area contributed by atoms with E-state index in [0.717, 1.165) is 24.2 Å². The van der Waals surface area contributed by atoms with Crippen LogP contribution in [0.4, 0.5) is 10.5 Å². The van der Waals surface area contributed by atoms with Gasteiger partial charge in [-0.25, -0.2) is 4.79 Å². The van der Waals surface area contributed by atoms with Crippen LogP contribution < -0.4 is 10.6 Å². The quantitative estimate of drug-likeness (QED) is 0.900. The van der Waals surface area contributed by atoms with Crippen molar-refractivity contribution in [3.05, 3.63) is 48.7 Å². The van der Waals surface area contributed by atoms with Crippen LogP contribution in [0.2, 0.25) is 0 Å². The SMILES string of the molecule is CCN1CCCC(NC(=O)Nc2ccnc(-c3ccccc3)c2)C1=O. The van der Waals surface area contributed by atoms with Crippen LogP contribution in [0.25, 0.3) is 11.3 Å². The number of carbonyl (C=O) groups excluding carboxylic acids is 2. The van der Waals surface area contributed by atoms with E-state index in [0.29, 0.717) is 18.7 Å². The Bertz CT molecular complexity index is 748. The second kappa shape index (κ2) is 7.79. The number of likely N-dealkylation sites (N-methyl/N-ethyl adjacent to an activating group) is 1. The van der Waals surface area contributed by atoms with E-state index in [1.807, 2.05) is 43.3 Å². The van der Waals surface area contributed by atoms with Gasteiger partial charge in [0.05, 0.1) is 5.69 Å². The summed E-state index contributed by atoms with van der Waals surface area (Å²) in [5.74, 6) is -0.0106. The highest BCUT2D eigenvalue weighted by atomic mass is 16.2. The molecule has 3 amide bonds. The largest absolute Gasteiger partial charge is 0.341 e. The smallest absolute Gasteiger partial charge is 0.319 e. The predicted octanol–water partition coefficient (Wildman–Crippen LogP) is 2.88. The van der Waals surface area contributed by atoms with Gasteiger partial charge in [0.25, 0.3) is 0 Å². The Morgan fingerprint density at radius 3 is 2.84 bits per heavy atom. The van der Waals surface area contributed by atoms with Crippen molar-refractivity contribution < 1.29 is 9.59 Å². The number of amides is 3. The lowest BCUT2D eigenvalue weighted by Crippen LogP contribution is -2.52. The van der Waals surface area contributed by atoms with E-state index >= 15 is 0 Å². The number of aromatic nitrogens is 1. The van der Waals surface area contributed by atoms with Crippen molar-refractivity contribution in [1.82, 2.24) is 15.2 Å². The van der Waals surface area contributed by atoms with Crippen molar-refractivity contribution in [2.24, 2.45) is 0 Å². The lowest BCUT2D eigenvalue weighted by Gasteiger charge is -2.31. The van der Waals surface area contributed by atoms with Crippen LogP contribution in [-0.2, 0) is 4.79 Å². The van der Waals surface area contributed by atoms with Gasteiger partial charge in [-0.2, -0.15) is 0 Å². The van der Waals surface area contributed by atoms with Gasteiger partial charge in [0.15, 0.2) is 0 Å². The third-order valence-corrected chi connectivity index (χ3v) is 4.31. The van der Waals surface area contributed by atoms with E-state index in [1.165, 1.54) is 0 Å². The molecule has 0 aliphatic carbocycles. The van der Waals surface area contributed by atoms with Crippen molar-refractivity contribution in [3.63, 3.8) is 0 Å². The Morgan fingerprint density at radius 2 is 2.08 bits per heavy atom. The third-order valence-electron chi connectivity index (χ3n) is 4.31. The van der Waals surface area contributed by atoms with Crippen LogP contribution in [-0.4, -0.2) is 41.0 Å². The summed E-state index contributed by atoms with van der Waals surface area (Å²) in [7, 11) is 0. The zero-order chi connectivity index (χ0) is 17.6. The maximum absolute atomic E-state index is 12.3. The van der Waals surface area contributed by atoms with Crippen LogP contribution in [0.3, 0.4) is 0 Å². The van der Waals surface area contributed by atoms with E-state index in [4.69, 9.17) is 0 Å². The van der Waals surface area contributed by atoms with Gasteiger partial charge in [-0.05, 0) is 31.9 Å². The first-order chi connectivity index (χ1) is 12.2. The maximum Gasteiger partial charge on any atom is 0.319 e. The highest BCUT2D eigenvalue weighted by Crippen LogP contribution is 2.19. The summed E-state index contributed by atoms with van der Waals surface area (Å²) in [6.07, 6.45) is 3.23. The molecule has 1 aromatic carbocycles. The summed E-state index contributed by atoms with van der Waals surface area (Å²) in [5.41, 5.74) is 2.40. The molecule has 6 heteroatoms. The number of benzene rings is 1. The van der Waals surface area contributed by atoms with Gasteiger partial charge in [0.1, 0.15) is 6.04 Å². The molecule has 25 heavy (non-hydrogen) atoms. The predicted molar refractivity (Wildman–Crippen MR) is 97.1 cm³/mol. The summed E-state index contributed by atoms with van der Waals surface area (Å²) < 4.78 is 0. The molecule has 1 fully saturated rings. The molecule has 0 radical (unpaired) electrons. The summed E-state index contributed by atoms with van der Waals surface area (Å²) >= 11 is 0. The standard InChI is InChI=1S/C19H22N4O2/c1-2-23-12-6-9-16(18(23)24)22-19(25)21-15-10-11-20-17(13-15)14-7-4-3-5-8-14/h3-5,7-8,10-11,13,16H,2,6,9,12H2,1H3,(H2,20,21,22,25). The number of likely N-dealkylation sites (tertiary alicyclic amines) is 1. The molecule has 130 valence electrons. The molecule has 2 N–H and O–H groups in total. The number of nitrogens with one attached hydrogen (secondary N) is 2.